The molecule has 1 amide bonds. The van der Waals surface area contributed by atoms with E-state index in [0.717, 1.165) is 6.20 Å². The average molecular weight is 357 g/mol. The molecule has 0 spiro atoms. The van der Waals surface area contributed by atoms with Crippen LogP contribution in [0.25, 0.3) is 5.69 Å². The zero-order valence-electron chi connectivity index (χ0n) is 14.1. The van der Waals surface area contributed by atoms with Gasteiger partial charge < -0.3 is 9.47 Å². The Morgan fingerprint density at radius 3 is 2.48 bits per heavy atom. The van der Waals surface area contributed by atoms with Crippen LogP contribution in [-0.2, 0) is 10.9 Å². The largest absolute Gasteiger partial charge is 0.497 e. The van der Waals surface area contributed by atoms with E-state index >= 15 is 0 Å². The molecule has 0 aliphatic rings. The summed E-state index contributed by atoms with van der Waals surface area (Å²) >= 11 is 0. The molecule has 9 heteroatoms. The molecule has 0 bridgehead atoms. The summed E-state index contributed by atoms with van der Waals surface area (Å²) in [5.41, 5.74) is -2.31. The van der Waals surface area contributed by atoms with Crippen molar-refractivity contribution in [2.24, 2.45) is 0 Å². The van der Waals surface area contributed by atoms with Gasteiger partial charge in [-0.25, -0.2) is 9.48 Å². The molecular formula is C16H18F3N3O3. The van der Waals surface area contributed by atoms with Crippen molar-refractivity contribution in [2.45, 2.75) is 32.5 Å². The molecule has 0 saturated carbocycles. The van der Waals surface area contributed by atoms with E-state index < -0.39 is 29.3 Å². The number of halogens is 3. The summed E-state index contributed by atoms with van der Waals surface area (Å²) in [4.78, 5) is 11.8. The lowest BCUT2D eigenvalue weighted by Gasteiger charge is -2.20. The predicted octanol–water partition coefficient (Wildman–Crippen LogP) is 4.25. The number of alkyl halides is 3. The first-order chi connectivity index (χ1) is 11.5. The van der Waals surface area contributed by atoms with Crippen LogP contribution in [0.5, 0.6) is 5.75 Å². The molecule has 1 heterocycles. The Bertz CT molecular complexity index is 764. The third-order valence-corrected chi connectivity index (χ3v) is 2.97. The van der Waals surface area contributed by atoms with Gasteiger partial charge in [0.1, 0.15) is 11.4 Å². The minimum atomic E-state index is -4.75. The highest BCUT2D eigenvalue weighted by Crippen LogP contribution is 2.36. The number of nitrogens with zero attached hydrogens (tertiary/aromatic N) is 2. The molecule has 1 aromatic heterocycles. The van der Waals surface area contributed by atoms with Crippen molar-refractivity contribution in [3.8, 4) is 11.4 Å². The van der Waals surface area contributed by atoms with Crippen LogP contribution in [0.4, 0.5) is 23.7 Å². The second kappa shape index (κ2) is 6.66. The Morgan fingerprint density at radius 2 is 1.92 bits per heavy atom. The predicted molar refractivity (Wildman–Crippen MR) is 85.0 cm³/mol. The zero-order chi connectivity index (χ0) is 18.8. The monoisotopic (exact) mass is 357 g/mol. The third-order valence-electron chi connectivity index (χ3n) is 2.97. The molecule has 1 N–H and O–H groups in total. The second-order valence-corrected chi connectivity index (χ2v) is 6.14. The van der Waals surface area contributed by atoms with Crippen LogP contribution in [0, 0.1) is 0 Å². The van der Waals surface area contributed by atoms with E-state index in [1.807, 2.05) is 0 Å². The van der Waals surface area contributed by atoms with Crippen LogP contribution in [0.1, 0.15) is 26.5 Å². The van der Waals surface area contributed by atoms with Crippen LogP contribution in [-0.4, -0.2) is 28.6 Å². The van der Waals surface area contributed by atoms with Gasteiger partial charge in [-0.1, -0.05) is 6.07 Å². The summed E-state index contributed by atoms with van der Waals surface area (Å²) in [5, 5.41) is 5.85. The van der Waals surface area contributed by atoms with Crippen molar-refractivity contribution in [3.63, 3.8) is 0 Å². The molecule has 0 atom stereocenters. The number of carbonyl (C=O) groups excluding carboxylic acids is 1. The van der Waals surface area contributed by atoms with E-state index in [9.17, 15) is 18.0 Å². The van der Waals surface area contributed by atoms with E-state index in [0.29, 0.717) is 10.4 Å². The standard InChI is InChI=1S/C16H18F3N3O3/c1-15(2,3)25-14(23)21-12-9-20-22(13(12)16(17,18)19)10-6-5-7-11(8-10)24-4/h5-9H,1-4H3,(H,21,23). The van der Waals surface area contributed by atoms with E-state index in [4.69, 9.17) is 9.47 Å². The van der Waals surface area contributed by atoms with Crippen molar-refractivity contribution < 1.29 is 27.4 Å². The molecule has 1 aromatic carbocycles. The number of carbonyl (C=O) groups is 1. The summed E-state index contributed by atoms with van der Waals surface area (Å²) < 4.78 is 51.2. The fourth-order valence-electron chi connectivity index (χ4n) is 2.06. The molecule has 6 nitrogen and oxygen atoms in total. The van der Waals surface area contributed by atoms with Gasteiger partial charge in [0.05, 0.1) is 24.7 Å². The van der Waals surface area contributed by atoms with Gasteiger partial charge in [-0.05, 0) is 32.9 Å². The van der Waals surface area contributed by atoms with Gasteiger partial charge in [-0.15, -0.1) is 0 Å². The van der Waals surface area contributed by atoms with Gasteiger partial charge in [0, 0.05) is 6.07 Å². The van der Waals surface area contributed by atoms with E-state index in [2.05, 4.69) is 10.4 Å². The summed E-state index contributed by atoms with van der Waals surface area (Å²) in [6, 6.07) is 5.98. The Kier molecular flexibility index (Phi) is 4.96. The Balaban J connectivity index is 2.43. The number of amides is 1. The quantitative estimate of drug-likeness (QED) is 0.892. The number of ether oxygens (including phenoxy) is 2. The van der Waals surface area contributed by atoms with E-state index in [1.54, 1.807) is 26.8 Å². The highest BCUT2D eigenvalue weighted by Gasteiger charge is 2.39. The molecule has 0 fully saturated rings. The molecule has 0 unspecified atom stereocenters. The number of nitrogens with one attached hydrogen (secondary N) is 1. The smallest absolute Gasteiger partial charge is 0.435 e. The molecule has 136 valence electrons. The third kappa shape index (κ3) is 4.65. The van der Waals surface area contributed by atoms with Crippen LogP contribution < -0.4 is 10.1 Å². The molecule has 2 aromatic rings. The fourth-order valence-corrected chi connectivity index (χ4v) is 2.06. The number of methoxy groups -OCH3 is 1. The topological polar surface area (TPSA) is 65.4 Å². The zero-order valence-corrected chi connectivity index (χ0v) is 14.1. The van der Waals surface area contributed by atoms with Gasteiger partial charge in [0.25, 0.3) is 0 Å². The minimum Gasteiger partial charge on any atom is -0.497 e. The molecular weight excluding hydrogens is 339 g/mol. The SMILES string of the molecule is COc1cccc(-n2ncc(NC(=O)OC(C)(C)C)c2C(F)(F)F)c1. The maximum absolute atomic E-state index is 13.5. The number of hydrogen-bond donors (Lipinski definition) is 1. The van der Waals surface area contributed by atoms with Gasteiger partial charge in [0.15, 0.2) is 5.69 Å². The van der Waals surface area contributed by atoms with Crippen LogP contribution >= 0.6 is 0 Å². The van der Waals surface area contributed by atoms with Crippen LogP contribution in [0.3, 0.4) is 0 Å². The lowest BCUT2D eigenvalue weighted by molar-refractivity contribution is -0.142. The van der Waals surface area contributed by atoms with Crippen LogP contribution in [0.15, 0.2) is 30.5 Å². The van der Waals surface area contributed by atoms with Crippen LogP contribution in [0.2, 0.25) is 0 Å². The Labute approximate surface area is 142 Å². The molecule has 0 radical (unpaired) electrons. The lowest BCUT2D eigenvalue weighted by Crippen LogP contribution is -2.28. The Morgan fingerprint density at radius 1 is 1.24 bits per heavy atom. The van der Waals surface area contributed by atoms with E-state index in [-0.39, 0.29) is 5.69 Å². The summed E-state index contributed by atoms with van der Waals surface area (Å²) in [7, 11) is 1.41. The first-order valence-corrected chi connectivity index (χ1v) is 7.31. The highest BCUT2D eigenvalue weighted by molar-refractivity contribution is 5.85. The van der Waals surface area contributed by atoms with Gasteiger partial charge in [-0.3, -0.25) is 5.32 Å². The molecule has 0 aliphatic heterocycles. The van der Waals surface area contributed by atoms with Gasteiger partial charge in [-0.2, -0.15) is 18.3 Å². The highest BCUT2D eigenvalue weighted by atomic mass is 19.4. The summed E-state index contributed by atoms with van der Waals surface area (Å²) in [6.07, 6.45) is -4.82. The molecule has 0 aliphatic carbocycles. The minimum absolute atomic E-state index is 0.143. The van der Waals surface area contributed by atoms with Crippen molar-refractivity contribution >= 4 is 11.8 Å². The first-order valence-electron chi connectivity index (χ1n) is 7.31. The number of anilines is 1. The van der Waals surface area contributed by atoms with Crippen molar-refractivity contribution in [1.82, 2.24) is 9.78 Å². The summed E-state index contributed by atoms with van der Waals surface area (Å²) in [5.74, 6) is 0.378. The lowest BCUT2D eigenvalue weighted by atomic mass is 10.2. The average Bonchev–Trinajstić information content (AvgIpc) is 2.89. The molecule has 25 heavy (non-hydrogen) atoms. The number of benzene rings is 1. The summed E-state index contributed by atoms with van der Waals surface area (Å²) in [6.45, 7) is 4.82. The van der Waals surface area contributed by atoms with Gasteiger partial charge in [0.2, 0.25) is 0 Å². The number of hydrogen-bond acceptors (Lipinski definition) is 4. The maximum atomic E-state index is 13.5. The van der Waals surface area contributed by atoms with Gasteiger partial charge >= 0.3 is 12.3 Å². The van der Waals surface area contributed by atoms with Crippen molar-refractivity contribution in [1.29, 1.82) is 0 Å². The number of rotatable bonds is 3. The second-order valence-electron chi connectivity index (χ2n) is 6.14. The number of aromatic nitrogens is 2. The maximum Gasteiger partial charge on any atom is 0.435 e. The molecule has 2 rings (SSSR count). The molecule has 0 saturated heterocycles. The fraction of sp³-hybridized carbons (Fsp3) is 0.375. The normalized spacial score (nSPS) is 12.0. The Hall–Kier alpha value is -2.71. The van der Waals surface area contributed by atoms with E-state index in [1.165, 1.54) is 25.3 Å². The van der Waals surface area contributed by atoms with Crippen molar-refractivity contribution in [2.75, 3.05) is 12.4 Å². The first kappa shape index (κ1) is 18.6. The van der Waals surface area contributed by atoms with Crippen molar-refractivity contribution in [3.05, 3.63) is 36.2 Å².